The van der Waals surface area contributed by atoms with Gasteiger partial charge < -0.3 is 0 Å². The number of benzene rings is 1. The van der Waals surface area contributed by atoms with E-state index in [9.17, 15) is 4.39 Å². The van der Waals surface area contributed by atoms with Crippen molar-refractivity contribution in [2.45, 2.75) is 20.3 Å². The van der Waals surface area contributed by atoms with E-state index in [1.165, 1.54) is 10.9 Å². The molecule has 0 atom stereocenters. The monoisotopic (exact) mass is 221 g/mol. The van der Waals surface area contributed by atoms with Crippen molar-refractivity contribution in [1.29, 1.82) is 0 Å². The van der Waals surface area contributed by atoms with Gasteiger partial charge in [0.2, 0.25) is 0 Å². The van der Waals surface area contributed by atoms with Crippen LogP contribution in [-0.4, -0.2) is 4.98 Å². The largest absolute Gasteiger partial charge is 0.244 e. The first kappa shape index (κ1) is 10.3. The van der Waals surface area contributed by atoms with E-state index in [1.807, 2.05) is 19.2 Å². The fourth-order valence-electron chi connectivity index (χ4n) is 1.40. The van der Waals surface area contributed by atoms with E-state index in [0.29, 0.717) is 5.56 Å². The van der Waals surface area contributed by atoms with Gasteiger partial charge >= 0.3 is 0 Å². The topological polar surface area (TPSA) is 12.9 Å². The van der Waals surface area contributed by atoms with E-state index in [-0.39, 0.29) is 5.82 Å². The van der Waals surface area contributed by atoms with Crippen LogP contribution < -0.4 is 0 Å². The first-order valence-electron chi connectivity index (χ1n) is 4.92. The second-order valence-electron chi connectivity index (χ2n) is 3.47. The number of hydrogen-bond acceptors (Lipinski definition) is 2. The zero-order valence-corrected chi connectivity index (χ0v) is 9.57. The molecule has 1 aromatic carbocycles. The Kier molecular flexibility index (Phi) is 2.82. The van der Waals surface area contributed by atoms with E-state index in [2.05, 4.69) is 11.9 Å². The Hall–Kier alpha value is -1.22. The molecule has 2 aromatic rings. The van der Waals surface area contributed by atoms with Crippen molar-refractivity contribution < 1.29 is 4.39 Å². The molecule has 0 spiro atoms. The highest BCUT2D eigenvalue weighted by atomic mass is 32.1. The Labute approximate surface area is 92.6 Å². The maximum Gasteiger partial charge on any atom is 0.133 e. The lowest BCUT2D eigenvalue weighted by molar-refractivity contribution is 0.631. The molecule has 0 aliphatic rings. The summed E-state index contributed by atoms with van der Waals surface area (Å²) in [6.45, 7) is 4.03. The van der Waals surface area contributed by atoms with Crippen molar-refractivity contribution in [1.82, 2.24) is 4.98 Å². The molecule has 15 heavy (non-hydrogen) atoms. The molecule has 0 unspecified atom stereocenters. The molecule has 0 fully saturated rings. The van der Waals surface area contributed by atoms with E-state index in [0.717, 1.165) is 17.0 Å². The number of nitrogens with zero attached hydrogens (tertiary/aromatic N) is 1. The van der Waals surface area contributed by atoms with Crippen LogP contribution in [0.2, 0.25) is 0 Å². The van der Waals surface area contributed by atoms with Crippen LogP contribution in [0.3, 0.4) is 0 Å². The van der Waals surface area contributed by atoms with Crippen molar-refractivity contribution in [3.05, 3.63) is 40.7 Å². The molecule has 0 aliphatic heterocycles. The van der Waals surface area contributed by atoms with Gasteiger partial charge in [0, 0.05) is 16.6 Å². The quantitative estimate of drug-likeness (QED) is 0.751. The summed E-state index contributed by atoms with van der Waals surface area (Å²) in [5.74, 6) is -0.197. The van der Waals surface area contributed by atoms with E-state index in [1.54, 1.807) is 17.4 Å². The van der Waals surface area contributed by atoms with Crippen molar-refractivity contribution >= 4 is 11.3 Å². The molecule has 0 bridgehead atoms. The van der Waals surface area contributed by atoms with E-state index < -0.39 is 0 Å². The number of thiazole rings is 1. The lowest BCUT2D eigenvalue weighted by Gasteiger charge is -2.00. The van der Waals surface area contributed by atoms with Gasteiger partial charge in [0.05, 0.1) is 0 Å². The van der Waals surface area contributed by atoms with Crippen LogP contribution in [0.15, 0.2) is 24.4 Å². The first-order chi connectivity index (χ1) is 7.20. The van der Waals surface area contributed by atoms with Crippen LogP contribution in [-0.2, 0) is 6.42 Å². The highest BCUT2D eigenvalue weighted by Crippen LogP contribution is 2.28. The van der Waals surface area contributed by atoms with Crippen molar-refractivity contribution in [2.24, 2.45) is 0 Å². The molecule has 78 valence electrons. The SMILES string of the molecule is CCc1cnc(-c2cc(C)ccc2F)s1. The third-order valence-electron chi connectivity index (χ3n) is 2.25. The minimum atomic E-state index is -0.197. The maximum atomic E-state index is 13.5. The summed E-state index contributed by atoms with van der Waals surface area (Å²) >= 11 is 1.56. The normalized spacial score (nSPS) is 10.6. The van der Waals surface area contributed by atoms with Crippen molar-refractivity contribution in [3.63, 3.8) is 0 Å². The lowest BCUT2D eigenvalue weighted by atomic mass is 10.1. The summed E-state index contributed by atoms with van der Waals surface area (Å²) < 4.78 is 13.5. The van der Waals surface area contributed by atoms with E-state index in [4.69, 9.17) is 0 Å². The number of aryl methyl sites for hydroxylation is 2. The van der Waals surface area contributed by atoms with Gasteiger partial charge in [-0.15, -0.1) is 11.3 Å². The van der Waals surface area contributed by atoms with Gasteiger partial charge in [0.1, 0.15) is 10.8 Å². The van der Waals surface area contributed by atoms with Crippen LogP contribution in [0.4, 0.5) is 4.39 Å². The Bertz CT molecular complexity index is 476. The number of halogens is 1. The summed E-state index contributed by atoms with van der Waals surface area (Å²) in [6, 6.07) is 5.11. The predicted octanol–water partition coefficient (Wildman–Crippen LogP) is 3.82. The summed E-state index contributed by atoms with van der Waals surface area (Å²) in [5, 5.41) is 0.771. The molecule has 1 aromatic heterocycles. The average molecular weight is 221 g/mol. The van der Waals surface area contributed by atoms with Gasteiger partial charge in [-0.1, -0.05) is 18.6 Å². The molecular weight excluding hydrogens is 209 g/mol. The number of hydrogen-bond donors (Lipinski definition) is 0. The highest BCUT2D eigenvalue weighted by Gasteiger charge is 2.09. The van der Waals surface area contributed by atoms with Crippen molar-refractivity contribution in [3.8, 4) is 10.6 Å². The second-order valence-corrected chi connectivity index (χ2v) is 4.58. The molecule has 2 rings (SSSR count). The smallest absolute Gasteiger partial charge is 0.133 e. The molecule has 0 saturated carbocycles. The minimum Gasteiger partial charge on any atom is -0.244 e. The Morgan fingerprint density at radius 2 is 2.20 bits per heavy atom. The summed E-state index contributed by atoms with van der Waals surface area (Å²) in [6.07, 6.45) is 2.77. The minimum absolute atomic E-state index is 0.197. The summed E-state index contributed by atoms with van der Waals surface area (Å²) in [5.41, 5.74) is 1.67. The fourth-order valence-corrected chi connectivity index (χ4v) is 2.27. The van der Waals surface area contributed by atoms with Crippen LogP contribution in [0, 0.1) is 12.7 Å². The van der Waals surface area contributed by atoms with Crippen LogP contribution in [0.1, 0.15) is 17.4 Å². The zero-order valence-electron chi connectivity index (χ0n) is 8.75. The van der Waals surface area contributed by atoms with Gasteiger partial charge in [0.25, 0.3) is 0 Å². The van der Waals surface area contributed by atoms with Gasteiger partial charge in [-0.05, 0) is 25.5 Å². The molecular formula is C12H12FNS. The van der Waals surface area contributed by atoms with Gasteiger partial charge in [-0.3, -0.25) is 0 Å². The lowest BCUT2D eigenvalue weighted by Crippen LogP contribution is -1.84. The third-order valence-corrected chi connectivity index (χ3v) is 3.43. The van der Waals surface area contributed by atoms with Gasteiger partial charge in [-0.2, -0.15) is 0 Å². The molecule has 0 N–H and O–H groups in total. The molecule has 0 saturated heterocycles. The van der Waals surface area contributed by atoms with Crippen molar-refractivity contribution in [2.75, 3.05) is 0 Å². The molecule has 3 heteroatoms. The number of rotatable bonds is 2. The Morgan fingerprint density at radius 3 is 2.87 bits per heavy atom. The van der Waals surface area contributed by atoms with E-state index >= 15 is 0 Å². The Morgan fingerprint density at radius 1 is 1.40 bits per heavy atom. The third kappa shape index (κ3) is 2.07. The van der Waals surface area contributed by atoms with Crippen LogP contribution in [0.25, 0.3) is 10.6 Å². The Balaban J connectivity index is 2.48. The summed E-state index contributed by atoms with van der Waals surface area (Å²) in [4.78, 5) is 5.42. The average Bonchev–Trinajstić information content (AvgIpc) is 2.70. The predicted molar refractivity (Wildman–Crippen MR) is 61.6 cm³/mol. The molecule has 1 nitrogen and oxygen atoms in total. The summed E-state index contributed by atoms with van der Waals surface area (Å²) in [7, 11) is 0. The maximum absolute atomic E-state index is 13.5. The standard InChI is InChI=1S/C12H12FNS/c1-3-9-7-14-12(15-9)10-6-8(2)4-5-11(10)13/h4-7H,3H2,1-2H3. The molecule has 0 aliphatic carbocycles. The first-order valence-corrected chi connectivity index (χ1v) is 5.73. The molecule has 0 amide bonds. The molecule has 0 radical (unpaired) electrons. The van der Waals surface area contributed by atoms with Gasteiger partial charge in [0.15, 0.2) is 0 Å². The van der Waals surface area contributed by atoms with Crippen LogP contribution >= 0.6 is 11.3 Å². The highest BCUT2D eigenvalue weighted by molar-refractivity contribution is 7.15. The number of aromatic nitrogens is 1. The molecule has 1 heterocycles. The fraction of sp³-hybridized carbons (Fsp3) is 0.250. The van der Waals surface area contributed by atoms with Gasteiger partial charge in [-0.25, -0.2) is 9.37 Å². The second kappa shape index (κ2) is 4.11. The van der Waals surface area contributed by atoms with Crippen LogP contribution in [0.5, 0.6) is 0 Å². The zero-order chi connectivity index (χ0) is 10.8.